The molecular formula is C24H26N4O2S. The van der Waals surface area contributed by atoms with Crippen molar-refractivity contribution in [1.82, 2.24) is 19.8 Å². The molecule has 1 fully saturated rings. The molecule has 0 amide bonds. The van der Waals surface area contributed by atoms with Gasteiger partial charge in [0, 0.05) is 29.8 Å². The van der Waals surface area contributed by atoms with Crippen LogP contribution in [0.1, 0.15) is 41.1 Å². The number of benzene rings is 1. The van der Waals surface area contributed by atoms with Crippen molar-refractivity contribution in [2.24, 2.45) is 0 Å². The van der Waals surface area contributed by atoms with E-state index in [1.807, 2.05) is 36.4 Å². The molecule has 4 rings (SSSR count). The van der Waals surface area contributed by atoms with Crippen molar-refractivity contribution in [3.05, 3.63) is 83.4 Å². The number of aryl methyl sites for hydroxylation is 1. The van der Waals surface area contributed by atoms with Gasteiger partial charge in [-0.2, -0.15) is 0 Å². The van der Waals surface area contributed by atoms with Crippen LogP contribution in [0.25, 0.3) is 5.69 Å². The molecule has 160 valence electrons. The lowest BCUT2D eigenvalue weighted by Gasteiger charge is -2.28. The molecule has 1 aliphatic heterocycles. The van der Waals surface area contributed by atoms with E-state index in [0.29, 0.717) is 11.7 Å². The van der Waals surface area contributed by atoms with E-state index >= 15 is 0 Å². The lowest BCUT2D eigenvalue weighted by molar-refractivity contribution is -0.140. The number of esters is 1. The van der Waals surface area contributed by atoms with Crippen LogP contribution >= 0.6 is 12.2 Å². The monoisotopic (exact) mass is 434 g/mol. The maximum Gasteiger partial charge on any atom is 0.307 e. The number of hydrogen-bond acceptors (Lipinski definition) is 4. The molecule has 1 aliphatic rings. The van der Waals surface area contributed by atoms with Gasteiger partial charge in [-0.05, 0) is 62.0 Å². The topological polar surface area (TPSA) is 59.4 Å². The van der Waals surface area contributed by atoms with Crippen molar-refractivity contribution in [2.45, 2.75) is 32.4 Å². The Morgan fingerprint density at radius 3 is 2.58 bits per heavy atom. The number of methoxy groups -OCH3 is 1. The molecule has 1 saturated heterocycles. The summed E-state index contributed by atoms with van der Waals surface area (Å²) in [6.45, 7) is 4.71. The highest BCUT2D eigenvalue weighted by molar-refractivity contribution is 7.80. The summed E-state index contributed by atoms with van der Waals surface area (Å²) < 4.78 is 7.11. The van der Waals surface area contributed by atoms with Crippen LogP contribution in [0.2, 0.25) is 0 Å². The summed E-state index contributed by atoms with van der Waals surface area (Å²) in [5, 5.41) is 4.06. The minimum atomic E-state index is -0.252. The van der Waals surface area contributed by atoms with E-state index in [2.05, 4.69) is 51.8 Å². The average Bonchev–Trinajstić information content (AvgIpc) is 3.28. The van der Waals surface area contributed by atoms with E-state index in [4.69, 9.17) is 17.0 Å². The van der Waals surface area contributed by atoms with Gasteiger partial charge >= 0.3 is 5.97 Å². The third-order valence-corrected chi connectivity index (χ3v) is 6.14. The first kappa shape index (κ1) is 21.1. The molecule has 0 spiro atoms. The molecular weight excluding hydrogens is 408 g/mol. The maximum atomic E-state index is 11.9. The Hall–Kier alpha value is -3.19. The zero-order valence-corrected chi connectivity index (χ0v) is 18.7. The first-order valence-electron chi connectivity index (χ1n) is 10.3. The predicted octanol–water partition coefficient (Wildman–Crippen LogP) is 4.02. The van der Waals surface area contributed by atoms with E-state index in [0.717, 1.165) is 28.3 Å². The highest BCUT2D eigenvalue weighted by atomic mass is 32.1. The number of para-hydroxylation sites is 1. The molecule has 1 aromatic carbocycles. The quantitative estimate of drug-likeness (QED) is 0.467. The second-order valence-electron chi connectivity index (χ2n) is 7.64. The summed E-state index contributed by atoms with van der Waals surface area (Å²) in [6, 6.07) is 18.2. The number of ether oxygens (including phenoxy) is 1. The number of carbonyl (C=O) groups is 1. The number of rotatable bonds is 6. The minimum Gasteiger partial charge on any atom is -0.469 e. The van der Waals surface area contributed by atoms with E-state index in [-0.39, 0.29) is 24.5 Å². The largest absolute Gasteiger partial charge is 0.469 e. The Balaban J connectivity index is 1.79. The van der Waals surface area contributed by atoms with Crippen LogP contribution < -0.4 is 5.32 Å². The van der Waals surface area contributed by atoms with Crippen molar-refractivity contribution in [3.63, 3.8) is 0 Å². The first-order valence-corrected chi connectivity index (χ1v) is 10.7. The summed E-state index contributed by atoms with van der Waals surface area (Å²) >= 11 is 5.69. The van der Waals surface area contributed by atoms with E-state index in [1.165, 1.54) is 7.11 Å². The number of carbonyl (C=O) groups excluding carboxylic acids is 1. The molecule has 6 nitrogen and oxygen atoms in total. The zero-order valence-electron chi connectivity index (χ0n) is 17.9. The standard InChI is InChI=1S/C24H26N4O2S/c1-16-15-19(17(2)28(16)18-9-5-4-6-10-18)23-22(20-11-7-8-13-25-20)26-24(31)27(23)14-12-21(29)30-3/h4-11,13,15,22-23H,12,14H2,1-3H3,(H,26,31)/t22-,23-/m0/s1. The lowest BCUT2D eigenvalue weighted by Crippen LogP contribution is -2.32. The summed E-state index contributed by atoms with van der Waals surface area (Å²) in [5.41, 5.74) is 5.48. The maximum absolute atomic E-state index is 11.9. The van der Waals surface area contributed by atoms with Crippen LogP contribution in [0.15, 0.2) is 60.8 Å². The van der Waals surface area contributed by atoms with Gasteiger partial charge < -0.3 is 19.5 Å². The van der Waals surface area contributed by atoms with Gasteiger partial charge in [0.2, 0.25) is 0 Å². The Morgan fingerprint density at radius 2 is 1.90 bits per heavy atom. The minimum absolute atomic E-state index is 0.0873. The SMILES string of the molecule is COC(=O)CCN1C(=S)N[C@@H](c2ccccn2)[C@@H]1c1cc(C)n(-c2ccccc2)c1C. The molecule has 3 aromatic rings. The second kappa shape index (κ2) is 8.89. The molecule has 7 heteroatoms. The molecule has 0 aliphatic carbocycles. The van der Waals surface area contributed by atoms with Crippen molar-refractivity contribution in [3.8, 4) is 5.69 Å². The number of pyridine rings is 1. The first-order chi connectivity index (χ1) is 15.0. The summed E-state index contributed by atoms with van der Waals surface area (Å²) in [6.07, 6.45) is 2.06. The summed E-state index contributed by atoms with van der Waals surface area (Å²) in [4.78, 5) is 18.5. The van der Waals surface area contributed by atoms with Crippen molar-refractivity contribution < 1.29 is 9.53 Å². The van der Waals surface area contributed by atoms with E-state index < -0.39 is 0 Å². The highest BCUT2D eigenvalue weighted by Gasteiger charge is 2.41. The van der Waals surface area contributed by atoms with Crippen molar-refractivity contribution >= 4 is 23.3 Å². The van der Waals surface area contributed by atoms with Gasteiger partial charge in [0.1, 0.15) is 0 Å². The Kier molecular flexibility index (Phi) is 6.04. The van der Waals surface area contributed by atoms with Crippen LogP contribution in [0.4, 0.5) is 0 Å². The number of hydrogen-bond donors (Lipinski definition) is 1. The van der Waals surface area contributed by atoms with Crippen LogP contribution in [0.3, 0.4) is 0 Å². The summed E-state index contributed by atoms with van der Waals surface area (Å²) in [7, 11) is 1.41. The number of nitrogens with zero attached hydrogens (tertiary/aromatic N) is 3. The van der Waals surface area contributed by atoms with Crippen LogP contribution in [-0.4, -0.2) is 39.2 Å². The molecule has 1 N–H and O–H groups in total. The van der Waals surface area contributed by atoms with Gasteiger partial charge in [-0.15, -0.1) is 0 Å². The fourth-order valence-corrected chi connectivity index (χ4v) is 4.69. The van der Waals surface area contributed by atoms with Gasteiger partial charge in [-0.1, -0.05) is 24.3 Å². The molecule has 0 radical (unpaired) electrons. The van der Waals surface area contributed by atoms with Gasteiger partial charge in [-0.25, -0.2) is 0 Å². The van der Waals surface area contributed by atoms with Crippen LogP contribution in [-0.2, 0) is 9.53 Å². The van der Waals surface area contributed by atoms with Crippen molar-refractivity contribution in [1.29, 1.82) is 0 Å². The molecule has 2 atom stereocenters. The van der Waals surface area contributed by atoms with E-state index in [9.17, 15) is 4.79 Å². The van der Waals surface area contributed by atoms with Crippen LogP contribution in [0, 0.1) is 13.8 Å². The van der Waals surface area contributed by atoms with Crippen molar-refractivity contribution in [2.75, 3.05) is 13.7 Å². The van der Waals surface area contributed by atoms with Crippen LogP contribution in [0.5, 0.6) is 0 Å². The zero-order chi connectivity index (χ0) is 22.0. The Labute approximate surface area is 187 Å². The molecule has 3 heterocycles. The Morgan fingerprint density at radius 1 is 1.16 bits per heavy atom. The fourth-order valence-electron chi connectivity index (χ4n) is 4.36. The normalized spacial score (nSPS) is 18.2. The highest BCUT2D eigenvalue weighted by Crippen LogP contribution is 2.41. The second-order valence-corrected chi connectivity index (χ2v) is 8.03. The van der Waals surface area contributed by atoms with E-state index in [1.54, 1.807) is 6.20 Å². The molecule has 0 bridgehead atoms. The smallest absolute Gasteiger partial charge is 0.307 e. The van der Waals surface area contributed by atoms with Gasteiger partial charge in [0.05, 0.1) is 31.3 Å². The predicted molar refractivity (Wildman–Crippen MR) is 124 cm³/mol. The average molecular weight is 435 g/mol. The van der Waals surface area contributed by atoms with Gasteiger partial charge in [-0.3, -0.25) is 9.78 Å². The summed E-state index contributed by atoms with van der Waals surface area (Å²) in [5.74, 6) is -0.252. The lowest BCUT2D eigenvalue weighted by atomic mass is 9.96. The molecule has 2 aromatic heterocycles. The number of nitrogens with one attached hydrogen (secondary N) is 1. The third-order valence-electron chi connectivity index (χ3n) is 5.79. The third kappa shape index (κ3) is 4.05. The Bertz CT molecular complexity index is 1080. The molecule has 0 saturated carbocycles. The molecule has 0 unspecified atom stereocenters. The number of thiocarbonyl (C=S) groups is 1. The molecule has 31 heavy (non-hydrogen) atoms. The van der Waals surface area contributed by atoms with Gasteiger partial charge in [0.15, 0.2) is 5.11 Å². The van der Waals surface area contributed by atoms with Gasteiger partial charge in [0.25, 0.3) is 0 Å². The fraction of sp³-hybridized carbons (Fsp3) is 0.292. The number of aromatic nitrogens is 2.